The van der Waals surface area contributed by atoms with Gasteiger partial charge in [0.25, 0.3) is 0 Å². The molecule has 9 heteroatoms. The van der Waals surface area contributed by atoms with Gasteiger partial charge in [-0.3, -0.25) is 4.79 Å². The van der Waals surface area contributed by atoms with Crippen LogP contribution in [0.3, 0.4) is 0 Å². The van der Waals surface area contributed by atoms with Crippen molar-refractivity contribution < 1.29 is 33.0 Å². The highest BCUT2D eigenvalue weighted by Gasteiger charge is 2.28. The number of hydrogen-bond acceptors (Lipinski definition) is 4. The number of rotatable bonds is 10. The number of nitrogens with zero attached hydrogens (tertiary/aromatic N) is 2. The molecule has 1 fully saturated rings. The Hall–Kier alpha value is -4.14. The van der Waals surface area contributed by atoms with E-state index in [2.05, 4.69) is 0 Å². The first-order valence-electron chi connectivity index (χ1n) is 12.9. The molecule has 7 nitrogen and oxygen atoms in total. The number of benzene rings is 3. The van der Waals surface area contributed by atoms with Gasteiger partial charge in [0.1, 0.15) is 11.5 Å². The van der Waals surface area contributed by atoms with Crippen LogP contribution in [-0.2, 0) is 11.3 Å². The van der Waals surface area contributed by atoms with Crippen molar-refractivity contribution in [1.82, 2.24) is 9.80 Å². The number of amides is 2. The molecular weight excluding hydrogens is 506 g/mol. The van der Waals surface area contributed by atoms with Crippen LogP contribution in [-0.4, -0.2) is 60.3 Å². The largest absolute Gasteiger partial charge is 0.496 e. The minimum absolute atomic E-state index is 0.117. The number of halogens is 2. The average Bonchev–Trinajstić information content (AvgIpc) is 2.96. The summed E-state index contributed by atoms with van der Waals surface area (Å²) in [5.74, 6) is -1.89. The average molecular weight is 539 g/mol. The maximum absolute atomic E-state index is 13.8. The third-order valence-corrected chi connectivity index (χ3v) is 6.77. The highest BCUT2D eigenvalue weighted by Crippen LogP contribution is 2.33. The van der Waals surface area contributed by atoms with Crippen LogP contribution in [0.5, 0.6) is 11.5 Å². The quantitative estimate of drug-likeness (QED) is 0.352. The number of urea groups is 1. The Labute approximate surface area is 226 Å². The zero-order valence-electron chi connectivity index (χ0n) is 21.8. The Kier molecular flexibility index (Phi) is 9.35. The highest BCUT2D eigenvalue weighted by atomic mass is 19.2. The van der Waals surface area contributed by atoms with Gasteiger partial charge in [-0.15, -0.1) is 0 Å². The van der Waals surface area contributed by atoms with Crippen LogP contribution < -0.4 is 9.47 Å². The van der Waals surface area contributed by atoms with Crippen molar-refractivity contribution in [2.45, 2.75) is 25.8 Å². The van der Waals surface area contributed by atoms with E-state index >= 15 is 0 Å². The van der Waals surface area contributed by atoms with Gasteiger partial charge in [0.2, 0.25) is 0 Å². The normalized spacial score (nSPS) is 15.1. The summed E-state index contributed by atoms with van der Waals surface area (Å²) in [6, 6.07) is 18.5. The number of hydrogen-bond donors (Lipinski definition) is 1. The Morgan fingerprint density at radius 1 is 1.05 bits per heavy atom. The molecule has 1 N–H and O–H groups in total. The van der Waals surface area contributed by atoms with Crippen molar-refractivity contribution in [1.29, 1.82) is 0 Å². The molecule has 0 spiro atoms. The first-order valence-corrected chi connectivity index (χ1v) is 12.9. The van der Waals surface area contributed by atoms with Crippen LogP contribution in [0.15, 0.2) is 66.7 Å². The maximum atomic E-state index is 13.8. The summed E-state index contributed by atoms with van der Waals surface area (Å²) in [6.07, 6.45) is 1.61. The van der Waals surface area contributed by atoms with Gasteiger partial charge in [-0.1, -0.05) is 42.5 Å². The molecule has 0 saturated carbocycles. The Balaban J connectivity index is 1.36. The van der Waals surface area contributed by atoms with Gasteiger partial charge in [0, 0.05) is 43.7 Å². The lowest BCUT2D eigenvalue weighted by molar-refractivity contribution is -0.137. The third-order valence-electron chi connectivity index (χ3n) is 6.77. The van der Waals surface area contributed by atoms with E-state index in [1.807, 2.05) is 30.3 Å². The van der Waals surface area contributed by atoms with E-state index in [1.54, 1.807) is 34.1 Å². The van der Waals surface area contributed by atoms with Crippen LogP contribution in [0.25, 0.3) is 11.1 Å². The van der Waals surface area contributed by atoms with Crippen molar-refractivity contribution in [2.24, 2.45) is 5.92 Å². The van der Waals surface area contributed by atoms with Gasteiger partial charge in [0.05, 0.1) is 20.1 Å². The molecule has 2 amide bonds. The number of aliphatic carboxylic acids is 1. The number of carboxylic acids is 1. The molecule has 1 unspecified atom stereocenters. The zero-order chi connectivity index (χ0) is 27.8. The molecule has 3 aromatic rings. The molecule has 0 bridgehead atoms. The first-order chi connectivity index (χ1) is 18.8. The van der Waals surface area contributed by atoms with Gasteiger partial charge in [-0.25, -0.2) is 13.6 Å². The molecule has 1 heterocycles. The van der Waals surface area contributed by atoms with Gasteiger partial charge in [-0.05, 0) is 42.2 Å². The van der Waals surface area contributed by atoms with Gasteiger partial charge < -0.3 is 24.4 Å². The van der Waals surface area contributed by atoms with E-state index < -0.39 is 17.6 Å². The lowest BCUT2D eigenvalue weighted by Gasteiger charge is -2.36. The van der Waals surface area contributed by atoms with E-state index in [0.29, 0.717) is 43.1 Å². The molecule has 0 aromatic heterocycles. The second kappa shape index (κ2) is 13.1. The minimum atomic E-state index is -0.972. The summed E-state index contributed by atoms with van der Waals surface area (Å²) < 4.78 is 38.6. The van der Waals surface area contributed by atoms with Crippen molar-refractivity contribution >= 4 is 12.0 Å². The summed E-state index contributed by atoms with van der Waals surface area (Å²) in [5.41, 5.74) is 2.04. The minimum Gasteiger partial charge on any atom is -0.496 e. The molecule has 1 saturated heterocycles. The summed E-state index contributed by atoms with van der Waals surface area (Å²) in [5, 5.41) is 9.17. The number of methoxy groups -OCH3 is 1. The van der Waals surface area contributed by atoms with Crippen molar-refractivity contribution in [2.75, 3.05) is 33.4 Å². The van der Waals surface area contributed by atoms with E-state index in [9.17, 15) is 18.4 Å². The Morgan fingerprint density at radius 2 is 1.77 bits per heavy atom. The summed E-state index contributed by atoms with van der Waals surface area (Å²) >= 11 is 0. The molecule has 0 aliphatic carbocycles. The predicted octanol–water partition coefficient (Wildman–Crippen LogP) is 5.83. The van der Waals surface area contributed by atoms with E-state index in [1.165, 1.54) is 7.11 Å². The van der Waals surface area contributed by atoms with Crippen LogP contribution >= 0.6 is 0 Å². The second-order valence-corrected chi connectivity index (χ2v) is 9.59. The fourth-order valence-electron chi connectivity index (χ4n) is 4.72. The van der Waals surface area contributed by atoms with Gasteiger partial charge in [-0.2, -0.15) is 0 Å². The smallest absolute Gasteiger partial charge is 0.320 e. The molecule has 39 heavy (non-hydrogen) atoms. The highest BCUT2D eigenvalue weighted by molar-refractivity contribution is 5.76. The van der Waals surface area contributed by atoms with Gasteiger partial charge >= 0.3 is 12.0 Å². The fourth-order valence-corrected chi connectivity index (χ4v) is 4.72. The van der Waals surface area contributed by atoms with E-state index in [0.717, 1.165) is 30.5 Å². The van der Waals surface area contributed by atoms with Crippen LogP contribution in [0.4, 0.5) is 13.6 Å². The molecule has 206 valence electrons. The standard InChI is InChI=1S/C30H32F2N2O5/c1-38-28-17-27(32)26(31)16-25(28)23-9-11-24(12-10-23)39-20-22-8-5-14-33(19-22)30(37)34(15-13-29(35)36)18-21-6-3-2-4-7-21/h2-4,6-7,9-12,16-17,22H,5,8,13-15,18-20H2,1H3,(H,35,36). The first kappa shape index (κ1) is 27.9. The lowest BCUT2D eigenvalue weighted by Crippen LogP contribution is -2.48. The molecule has 4 rings (SSSR count). The molecule has 1 aliphatic heterocycles. The topological polar surface area (TPSA) is 79.3 Å². The summed E-state index contributed by atoms with van der Waals surface area (Å²) in [7, 11) is 1.40. The van der Waals surface area contributed by atoms with Crippen molar-refractivity contribution in [3.8, 4) is 22.6 Å². The lowest BCUT2D eigenvalue weighted by atomic mass is 9.99. The summed E-state index contributed by atoms with van der Waals surface area (Å²) in [6.45, 7) is 2.01. The van der Waals surface area contributed by atoms with E-state index in [-0.39, 0.29) is 30.7 Å². The monoisotopic (exact) mass is 538 g/mol. The SMILES string of the molecule is COc1cc(F)c(F)cc1-c1ccc(OCC2CCCN(C(=O)N(CCC(=O)O)Cc3ccccc3)C2)cc1. The number of ether oxygens (including phenoxy) is 2. The fraction of sp³-hybridized carbons (Fsp3) is 0.333. The molecule has 1 aliphatic rings. The van der Waals surface area contributed by atoms with E-state index in [4.69, 9.17) is 14.6 Å². The zero-order valence-corrected chi connectivity index (χ0v) is 21.8. The van der Waals surface area contributed by atoms with Crippen molar-refractivity contribution in [3.63, 3.8) is 0 Å². The molecule has 0 radical (unpaired) electrons. The van der Waals surface area contributed by atoms with Crippen molar-refractivity contribution in [3.05, 3.63) is 83.9 Å². The van der Waals surface area contributed by atoms with Crippen LogP contribution in [0.2, 0.25) is 0 Å². The molecule has 3 aromatic carbocycles. The number of likely N-dealkylation sites (tertiary alicyclic amines) is 1. The number of carbonyl (C=O) groups is 2. The van der Waals surface area contributed by atoms with Crippen LogP contribution in [0, 0.1) is 17.6 Å². The number of piperidine rings is 1. The number of carbonyl (C=O) groups excluding carboxylic acids is 1. The maximum Gasteiger partial charge on any atom is 0.320 e. The molecular formula is C30H32F2N2O5. The predicted molar refractivity (Wildman–Crippen MR) is 143 cm³/mol. The summed E-state index contributed by atoms with van der Waals surface area (Å²) in [4.78, 5) is 27.9. The Bertz CT molecular complexity index is 1270. The number of carboxylic acid groups (broad SMARTS) is 1. The second-order valence-electron chi connectivity index (χ2n) is 9.59. The third kappa shape index (κ3) is 7.46. The van der Waals surface area contributed by atoms with Gasteiger partial charge in [0.15, 0.2) is 11.6 Å². The molecule has 1 atom stereocenters. The van der Waals surface area contributed by atoms with Crippen LogP contribution in [0.1, 0.15) is 24.8 Å². The Morgan fingerprint density at radius 3 is 2.46 bits per heavy atom.